The fourth-order valence-electron chi connectivity index (χ4n) is 1.18. The smallest absolute Gasteiger partial charge is 0.244 e. The van der Waals surface area contributed by atoms with Gasteiger partial charge in [-0.25, -0.2) is 17.5 Å². The van der Waals surface area contributed by atoms with Gasteiger partial charge in [0.15, 0.2) is 0 Å². The summed E-state index contributed by atoms with van der Waals surface area (Å²) in [6, 6.07) is 5.11. The summed E-state index contributed by atoms with van der Waals surface area (Å²) in [5.74, 6) is -0.823. The molecule has 0 amide bonds. The molecule has 0 heterocycles. The van der Waals surface area contributed by atoms with Crippen molar-refractivity contribution < 1.29 is 17.9 Å². The second-order valence-electron chi connectivity index (χ2n) is 5.22. The Hall–Kier alpha value is -0.980. The normalized spacial score (nSPS) is 13.7. The van der Waals surface area contributed by atoms with Gasteiger partial charge in [-0.05, 0) is 39.8 Å². The average Bonchev–Trinajstić information content (AvgIpc) is 2.14. The Morgan fingerprint density at radius 3 is 2.11 bits per heavy atom. The van der Waals surface area contributed by atoms with Gasteiger partial charge in [-0.1, -0.05) is 12.1 Å². The molecule has 1 rings (SSSR count). The van der Waals surface area contributed by atoms with Crippen LogP contribution in [-0.2, 0) is 10.0 Å². The first-order valence-electron chi connectivity index (χ1n) is 5.48. The van der Waals surface area contributed by atoms with E-state index in [9.17, 15) is 17.9 Å². The maximum absolute atomic E-state index is 13.5. The molecule has 0 aliphatic carbocycles. The highest BCUT2D eigenvalue weighted by molar-refractivity contribution is 7.89. The van der Waals surface area contributed by atoms with Gasteiger partial charge >= 0.3 is 0 Å². The van der Waals surface area contributed by atoms with Crippen LogP contribution in [0.1, 0.15) is 27.7 Å². The first-order valence-corrected chi connectivity index (χ1v) is 6.96. The number of aliphatic hydroxyl groups is 1. The molecule has 18 heavy (non-hydrogen) atoms. The summed E-state index contributed by atoms with van der Waals surface area (Å²) in [6.45, 7) is 6.03. The number of benzene rings is 1. The van der Waals surface area contributed by atoms with Crippen molar-refractivity contribution >= 4 is 10.0 Å². The van der Waals surface area contributed by atoms with Gasteiger partial charge < -0.3 is 5.11 Å². The zero-order chi connectivity index (χ0) is 14.2. The van der Waals surface area contributed by atoms with E-state index < -0.39 is 31.9 Å². The average molecular weight is 275 g/mol. The van der Waals surface area contributed by atoms with Gasteiger partial charge in [0, 0.05) is 0 Å². The van der Waals surface area contributed by atoms with E-state index in [1.807, 2.05) is 0 Å². The molecule has 0 radical (unpaired) electrons. The predicted octanol–water partition coefficient (Wildman–Crippen LogP) is 1.65. The van der Waals surface area contributed by atoms with Gasteiger partial charge in [-0.15, -0.1) is 0 Å². The molecule has 0 bridgehead atoms. The second kappa shape index (κ2) is 4.60. The van der Waals surface area contributed by atoms with E-state index in [0.717, 1.165) is 6.07 Å². The standard InChI is InChI=1S/C12H18FNO3S/c1-11(2,12(3,4)15)14-18(16,17)10-8-6-5-7-9(10)13/h5-8,14-15H,1-4H3. The van der Waals surface area contributed by atoms with Crippen LogP contribution in [-0.4, -0.2) is 24.7 Å². The Morgan fingerprint density at radius 1 is 1.17 bits per heavy atom. The lowest BCUT2D eigenvalue weighted by atomic mass is 9.87. The zero-order valence-electron chi connectivity index (χ0n) is 10.9. The van der Waals surface area contributed by atoms with Crippen molar-refractivity contribution in [3.63, 3.8) is 0 Å². The Morgan fingerprint density at radius 2 is 1.67 bits per heavy atom. The summed E-state index contributed by atoms with van der Waals surface area (Å²) in [7, 11) is -4.02. The van der Waals surface area contributed by atoms with Crippen LogP contribution in [0.25, 0.3) is 0 Å². The SMILES string of the molecule is CC(C)(O)C(C)(C)NS(=O)(=O)c1ccccc1F. The highest BCUT2D eigenvalue weighted by Crippen LogP contribution is 2.24. The van der Waals surface area contributed by atoms with E-state index >= 15 is 0 Å². The van der Waals surface area contributed by atoms with Crippen molar-refractivity contribution in [2.75, 3.05) is 0 Å². The first-order chi connectivity index (χ1) is 7.97. The molecular weight excluding hydrogens is 257 g/mol. The van der Waals surface area contributed by atoms with E-state index in [0.29, 0.717) is 0 Å². The van der Waals surface area contributed by atoms with Crippen molar-refractivity contribution in [1.82, 2.24) is 4.72 Å². The van der Waals surface area contributed by atoms with Crippen molar-refractivity contribution in [2.24, 2.45) is 0 Å². The largest absolute Gasteiger partial charge is 0.389 e. The number of hydrogen-bond acceptors (Lipinski definition) is 3. The molecule has 0 saturated carbocycles. The Labute approximate surface area is 107 Å². The molecule has 0 aromatic heterocycles. The van der Waals surface area contributed by atoms with Crippen LogP contribution in [0.4, 0.5) is 4.39 Å². The molecule has 0 fully saturated rings. The van der Waals surface area contributed by atoms with Crippen LogP contribution in [0.2, 0.25) is 0 Å². The number of halogens is 1. The van der Waals surface area contributed by atoms with Gasteiger partial charge in [0.2, 0.25) is 10.0 Å². The molecule has 0 aliphatic rings. The molecule has 1 aromatic rings. The molecule has 6 heteroatoms. The van der Waals surface area contributed by atoms with Crippen LogP contribution in [0.3, 0.4) is 0 Å². The highest BCUT2D eigenvalue weighted by Gasteiger charge is 2.39. The Balaban J connectivity index is 3.16. The molecule has 1 aromatic carbocycles. The minimum Gasteiger partial charge on any atom is -0.389 e. The third-order valence-corrected chi connectivity index (χ3v) is 4.73. The minimum atomic E-state index is -4.02. The van der Waals surface area contributed by atoms with Gasteiger partial charge in [0.25, 0.3) is 0 Å². The summed E-state index contributed by atoms with van der Waals surface area (Å²) in [5, 5.41) is 9.90. The maximum Gasteiger partial charge on any atom is 0.244 e. The van der Waals surface area contributed by atoms with Crippen molar-refractivity contribution in [3.05, 3.63) is 30.1 Å². The van der Waals surface area contributed by atoms with Crippen molar-refractivity contribution in [1.29, 1.82) is 0 Å². The molecule has 0 saturated heterocycles. The molecule has 2 N–H and O–H groups in total. The molecule has 102 valence electrons. The fourth-order valence-corrected chi connectivity index (χ4v) is 2.79. The van der Waals surface area contributed by atoms with Crippen molar-refractivity contribution in [3.8, 4) is 0 Å². The highest BCUT2D eigenvalue weighted by atomic mass is 32.2. The molecule has 4 nitrogen and oxygen atoms in total. The molecule has 0 atom stereocenters. The zero-order valence-corrected chi connectivity index (χ0v) is 11.7. The van der Waals surface area contributed by atoms with Crippen LogP contribution < -0.4 is 4.72 Å². The minimum absolute atomic E-state index is 0.428. The second-order valence-corrected chi connectivity index (χ2v) is 6.87. The quantitative estimate of drug-likeness (QED) is 0.878. The van der Waals surface area contributed by atoms with Gasteiger partial charge in [-0.2, -0.15) is 0 Å². The summed E-state index contributed by atoms with van der Waals surface area (Å²) in [5.41, 5.74) is -2.42. The summed E-state index contributed by atoms with van der Waals surface area (Å²) < 4.78 is 39.9. The maximum atomic E-state index is 13.5. The Kier molecular flexibility index (Phi) is 3.86. The summed E-state index contributed by atoms with van der Waals surface area (Å²) >= 11 is 0. The fraction of sp³-hybridized carbons (Fsp3) is 0.500. The topological polar surface area (TPSA) is 66.4 Å². The number of rotatable bonds is 4. The van der Waals surface area contributed by atoms with Gasteiger partial charge in [0.05, 0.1) is 11.1 Å². The van der Waals surface area contributed by atoms with Gasteiger partial charge in [-0.3, -0.25) is 0 Å². The van der Waals surface area contributed by atoms with Crippen LogP contribution in [0.15, 0.2) is 29.2 Å². The van der Waals surface area contributed by atoms with E-state index in [1.54, 1.807) is 0 Å². The monoisotopic (exact) mass is 275 g/mol. The van der Waals surface area contributed by atoms with Crippen LogP contribution in [0.5, 0.6) is 0 Å². The summed E-state index contributed by atoms with van der Waals surface area (Å²) in [6.07, 6.45) is 0. The summed E-state index contributed by atoms with van der Waals surface area (Å²) in [4.78, 5) is -0.428. The van der Waals surface area contributed by atoms with Crippen molar-refractivity contribution in [2.45, 2.75) is 43.7 Å². The van der Waals surface area contributed by atoms with E-state index in [1.165, 1.54) is 45.9 Å². The molecule has 0 spiro atoms. The molecule has 0 unspecified atom stereocenters. The lowest BCUT2D eigenvalue weighted by molar-refractivity contribution is 0.00636. The lowest BCUT2D eigenvalue weighted by Crippen LogP contribution is -2.57. The third kappa shape index (κ3) is 3.07. The van der Waals surface area contributed by atoms with E-state index in [2.05, 4.69) is 4.72 Å². The molecular formula is C12H18FNO3S. The lowest BCUT2D eigenvalue weighted by Gasteiger charge is -2.37. The first kappa shape index (κ1) is 15.1. The van der Waals surface area contributed by atoms with E-state index in [4.69, 9.17) is 0 Å². The Bertz CT molecular complexity index is 532. The van der Waals surface area contributed by atoms with Crippen LogP contribution in [0, 0.1) is 5.82 Å². The third-order valence-electron chi connectivity index (χ3n) is 3.05. The van der Waals surface area contributed by atoms with Gasteiger partial charge in [0.1, 0.15) is 10.7 Å². The van der Waals surface area contributed by atoms with Crippen LogP contribution >= 0.6 is 0 Å². The number of hydrogen-bond donors (Lipinski definition) is 2. The number of sulfonamides is 1. The molecule has 0 aliphatic heterocycles. The number of nitrogens with one attached hydrogen (secondary N) is 1. The van der Waals surface area contributed by atoms with E-state index in [-0.39, 0.29) is 0 Å². The predicted molar refractivity (Wildman–Crippen MR) is 67.1 cm³/mol.